The molecular formula is C80H104N10O28. The fourth-order valence-electron chi connectivity index (χ4n) is 13.8. The lowest BCUT2D eigenvalue weighted by Gasteiger charge is -2.46. The highest BCUT2D eigenvalue weighted by Crippen LogP contribution is 2.34. The first-order valence-corrected chi connectivity index (χ1v) is 38.6. The molecule has 38 nitrogen and oxygen atoms in total. The number of nitrogens with two attached hydrogens (primary N) is 1. The van der Waals surface area contributed by atoms with Crippen LogP contribution in [-0.2, 0) is 85.8 Å². The third-order valence-corrected chi connectivity index (χ3v) is 20.5. The van der Waals surface area contributed by atoms with Crippen LogP contribution in [0, 0.1) is 5.92 Å². The molecule has 8 rings (SSSR count). The third-order valence-electron chi connectivity index (χ3n) is 20.5. The third kappa shape index (κ3) is 24.1. The van der Waals surface area contributed by atoms with Crippen molar-refractivity contribution in [3.05, 3.63) is 144 Å². The van der Waals surface area contributed by atoms with Crippen molar-refractivity contribution in [2.24, 2.45) is 11.7 Å². The van der Waals surface area contributed by atoms with E-state index in [4.69, 9.17) is 43.6 Å². The molecule has 4 fully saturated rings. The van der Waals surface area contributed by atoms with Crippen LogP contribution in [0.2, 0.25) is 0 Å². The fraction of sp³-hybridized carbons (Fsp3) is 0.525. The number of carbonyl (C=O) groups is 14. The van der Waals surface area contributed by atoms with E-state index in [0.717, 1.165) is 46.4 Å². The average molecular weight is 1650 g/mol. The molecule has 642 valence electrons. The summed E-state index contributed by atoms with van der Waals surface area (Å²) in [6.45, 7) is 9.31. The molecule has 24 atom stereocenters. The Morgan fingerprint density at radius 1 is 0.466 bits per heavy atom. The lowest BCUT2D eigenvalue weighted by atomic mass is 9.96. The molecule has 10 amide bonds. The Morgan fingerprint density at radius 3 is 1.33 bits per heavy atom. The molecule has 4 aliphatic heterocycles. The van der Waals surface area contributed by atoms with E-state index in [1.807, 2.05) is 0 Å². The number of aliphatic hydroxyl groups is 6. The van der Waals surface area contributed by atoms with Crippen molar-refractivity contribution in [2.45, 2.75) is 235 Å². The van der Waals surface area contributed by atoms with Crippen LogP contribution in [0.25, 0.3) is 0 Å². The Morgan fingerprint density at radius 2 is 0.864 bits per heavy atom. The quantitative estimate of drug-likeness (QED) is 0.0166. The molecule has 4 aromatic carbocycles. The van der Waals surface area contributed by atoms with Crippen LogP contribution in [-0.4, -0.2) is 290 Å². The predicted octanol–water partition coefficient (Wildman–Crippen LogP) is -2.42. The Kier molecular flexibility index (Phi) is 33.7. The number of ether oxygens (including phenoxy) is 8. The van der Waals surface area contributed by atoms with Gasteiger partial charge in [0.25, 0.3) is 0 Å². The average Bonchev–Trinajstić information content (AvgIpc) is 0.988. The number of amides is 10. The van der Waals surface area contributed by atoms with E-state index in [1.165, 1.54) is 96.8 Å². The van der Waals surface area contributed by atoms with Crippen LogP contribution in [0.5, 0.6) is 0 Å². The van der Waals surface area contributed by atoms with Crippen molar-refractivity contribution >= 4 is 82.9 Å². The number of nitrogens with one attached hydrogen (secondary N) is 7. The van der Waals surface area contributed by atoms with Crippen molar-refractivity contribution in [1.29, 1.82) is 0 Å². The van der Waals surface area contributed by atoms with Crippen LogP contribution < -0.4 is 43.0 Å². The van der Waals surface area contributed by atoms with Gasteiger partial charge in [-0.25, -0.2) is 19.2 Å². The van der Waals surface area contributed by atoms with Crippen molar-refractivity contribution in [3.63, 3.8) is 0 Å². The maximum atomic E-state index is 15.4. The highest BCUT2D eigenvalue weighted by molar-refractivity contribution is 5.99. The zero-order chi connectivity index (χ0) is 86.5. The summed E-state index contributed by atoms with van der Waals surface area (Å²) >= 11 is 0. The second kappa shape index (κ2) is 43.0. The van der Waals surface area contributed by atoms with E-state index >= 15 is 9.59 Å². The standard InChI is InChI=1S/C80H104N10O28/c1-10-39(2)55(70(102)86-58(42(5)93)71(103)84-56(40(3)91)67(81)99)83-69(101)52-34-24-36-90(52)74(106)59(43(6)94)87-73(105)60(88-72(104)57(41(4)92)85-68(100)51-33-23-35-89(51)46(9)96)44(7)113-79-61(82-45(8)95)63(98)62(97)53(114-79)37-112-80-66(118-78(110)50-31-21-14-22-32-50)65(117-77(109)49-29-19-13-20-30-49)64(116-76(108)48-27-17-12-18-28-48)54(115-80)38-111-75(107)47-25-15-11-16-26-47/h11-22,25-32,39-44,51-66,79-80,91-94,97-98H,10,23-24,33-38H2,1-9H3,(H2,81,99)(H,82,95)(H,83,101)(H,84,103)(H,85,100)(H,86,102)(H,87,105)(H,88,104)/t39-,40+,41+,42+,43+,44+,51-,52-,53+,54+,55-,56-,57-,58-,59-,60-,61+,62-,63+,64-,65-,66+,79-,80+/m0/s1. The van der Waals surface area contributed by atoms with Crippen molar-refractivity contribution in [1.82, 2.24) is 47.0 Å². The van der Waals surface area contributed by atoms with E-state index in [9.17, 15) is 88.2 Å². The topological polar surface area (TPSA) is 551 Å². The second-order valence-electron chi connectivity index (χ2n) is 29.4. The Labute approximate surface area is 679 Å². The van der Waals surface area contributed by atoms with Gasteiger partial charge in [0.1, 0.15) is 85.4 Å². The fourth-order valence-corrected chi connectivity index (χ4v) is 13.8. The van der Waals surface area contributed by atoms with E-state index in [1.54, 1.807) is 50.2 Å². The van der Waals surface area contributed by atoms with Gasteiger partial charge < -0.3 is 121 Å². The SMILES string of the molecule is CC[C@H](C)[C@H](NC(=O)[C@@H]1CCCN1C(=O)[C@@H](NC(=O)[C@@H](NC(=O)[C@@H](NC(=O)[C@@H]1CCCN1C(C)=O)[C@@H](C)O)[C@@H](C)O[C@H]1O[C@H](CO[C@@H]2O[C@H](COC(=O)c3ccccc3)[C@H](OC(=O)c3ccccc3)[C@H](OC(=O)c3ccccc3)[C@H]2OC(=O)c2ccccc2)[C@H](O)[C@H](O)[C@H]1NC(C)=O)[C@@H](C)O)C(=O)N[C@H](C(=O)N[C@H](C(N)=O)[C@@H](C)O)[C@@H](C)O. The molecule has 4 aromatic rings. The summed E-state index contributed by atoms with van der Waals surface area (Å²) in [5.74, 6) is -15.0. The minimum absolute atomic E-state index is 0.0214. The summed E-state index contributed by atoms with van der Waals surface area (Å²) in [4.78, 5) is 198. The first-order chi connectivity index (χ1) is 56.0. The number of hydrogen-bond donors (Lipinski definition) is 14. The molecule has 0 radical (unpaired) electrons. The van der Waals surface area contributed by atoms with Crippen LogP contribution >= 0.6 is 0 Å². The van der Waals surface area contributed by atoms with E-state index < -0.39 is 242 Å². The van der Waals surface area contributed by atoms with Crippen LogP contribution in [0.4, 0.5) is 0 Å². The maximum absolute atomic E-state index is 15.4. The van der Waals surface area contributed by atoms with Crippen molar-refractivity contribution in [3.8, 4) is 0 Å². The lowest BCUT2D eigenvalue weighted by molar-refractivity contribution is -0.322. The number of esters is 4. The normalized spacial score (nSPS) is 24.7. The van der Waals surface area contributed by atoms with Gasteiger partial charge in [-0.3, -0.25) is 47.9 Å². The van der Waals surface area contributed by atoms with Crippen molar-refractivity contribution < 1.29 is 136 Å². The minimum atomic E-state index is -2.20. The number of primary amides is 1. The first-order valence-electron chi connectivity index (χ1n) is 38.6. The predicted molar refractivity (Wildman–Crippen MR) is 409 cm³/mol. The van der Waals surface area contributed by atoms with E-state index in [0.29, 0.717) is 6.42 Å². The van der Waals surface area contributed by atoms with Gasteiger partial charge in [0, 0.05) is 26.9 Å². The van der Waals surface area contributed by atoms with Gasteiger partial charge in [-0.2, -0.15) is 0 Å². The molecule has 4 saturated heterocycles. The largest absolute Gasteiger partial charge is 0.459 e. The van der Waals surface area contributed by atoms with Gasteiger partial charge in [0.05, 0.1) is 59.4 Å². The summed E-state index contributed by atoms with van der Waals surface area (Å²) < 4.78 is 49.9. The Balaban J connectivity index is 1.13. The zero-order valence-corrected chi connectivity index (χ0v) is 66.4. The van der Waals surface area contributed by atoms with Crippen molar-refractivity contribution in [2.75, 3.05) is 26.3 Å². The van der Waals surface area contributed by atoms with Gasteiger partial charge >= 0.3 is 23.9 Å². The molecule has 38 heteroatoms. The van der Waals surface area contributed by atoms with Crippen LogP contribution in [0.15, 0.2) is 121 Å². The van der Waals surface area contributed by atoms with Gasteiger partial charge in [-0.15, -0.1) is 0 Å². The molecule has 118 heavy (non-hydrogen) atoms. The number of likely N-dealkylation sites (tertiary alicyclic amines) is 2. The molecule has 4 heterocycles. The maximum Gasteiger partial charge on any atom is 0.338 e. The number of aliphatic hydroxyl groups excluding tert-OH is 6. The molecule has 0 unspecified atom stereocenters. The van der Waals surface area contributed by atoms with Gasteiger partial charge in [0.2, 0.25) is 59.1 Å². The Bertz CT molecular complexity index is 4150. The van der Waals surface area contributed by atoms with Gasteiger partial charge in [0.15, 0.2) is 30.9 Å². The van der Waals surface area contributed by atoms with E-state index in [2.05, 4.69) is 37.2 Å². The Hall–Kier alpha value is -10.9. The zero-order valence-electron chi connectivity index (χ0n) is 66.4. The van der Waals surface area contributed by atoms with Crippen LogP contribution in [0.3, 0.4) is 0 Å². The molecule has 0 aliphatic carbocycles. The second-order valence-corrected chi connectivity index (χ2v) is 29.4. The number of hydrogen-bond acceptors (Lipinski definition) is 28. The highest BCUT2D eigenvalue weighted by Gasteiger charge is 2.56. The summed E-state index contributed by atoms with van der Waals surface area (Å²) in [5.41, 5.74) is 5.27. The molecule has 0 aromatic heterocycles. The summed E-state index contributed by atoms with van der Waals surface area (Å²) in [6.07, 6.45) is -25.7. The van der Waals surface area contributed by atoms with E-state index in [-0.39, 0.29) is 61.0 Å². The molecule has 15 N–H and O–H groups in total. The molecule has 4 aliphatic rings. The van der Waals surface area contributed by atoms with Crippen LogP contribution in [0.1, 0.15) is 136 Å². The molecular weight excluding hydrogens is 1550 g/mol. The monoisotopic (exact) mass is 1650 g/mol. The van der Waals surface area contributed by atoms with Gasteiger partial charge in [-0.05, 0) is 115 Å². The minimum Gasteiger partial charge on any atom is -0.459 e. The summed E-state index contributed by atoms with van der Waals surface area (Å²) in [6, 6.07) is 14.5. The first kappa shape index (κ1) is 92.6. The molecule has 0 bridgehead atoms. The number of benzene rings is 4. The molecule has 0 spiro atoms. The highest BCUT2D eigenvalue weighted by atomic mass is 16.8. The number of rotatable bonds is 36. The number of nitrogens with zero attached hydrogens (tertiary/aromatic N) is 2. The molecule has 0 saturated carbocycles. The smallest absolute Gasteiger partial charge is 0.338 e. The number of carbonyl (C=O) groups excluding carboxylic acids is 14. The summed E-state index contributed by atoms with van der Waals surface area (Å²) in [7, 11) is 0. The lowest BCUT2D eigenvalue weighted by Crippen LogP contribution is -2.67. The summed E-state index contributed by atoms with van der Waals surface area (Å²) in [5, 5.41) is 84.6. The van der Waals surface area contributed by atoms with Gasteiger partial charge in [-0.1, -0.05) is 93.1 Å².